The Morgan fingerprint density at radius 3 is 2.64 bits per heavy atom. The molecular formula is C17H20N3O4S-. The van der Waals surface area contributed by atoms with Crippen molar-refractivity contribution < 1.29 is 19.4 Å². The van der Waals surface area contributed by atoms with Crippen LogP contribution in [-0.2, 0) is 9.59 Å². The third-order valence-corrected chi connectivity index (χ3v) is 4.35. The van der Waals surface area contributed by atoms with E-state index in [-0.39, 0.29) is 11.6 Å². The molecule has 1 aromatic rings. The molecule has 0 radical (unpaired) electrons. The average Bonchev–Trinajstić information content (AvgIpc) is 2.90. The highest BCUT2D eigenvalue weighted by Gasteiger charge is 2.30. The molecule has 1 amide bonds. The van der Waals surface area contributed by atoms with Gasteiger partial charge >= 0.3 is 0 Å². The Labute approximate surface area is 150 Å². The summed E-state index contributed by atoms with van der Waals surface area (Å²) in [5.74, 6) is -0.417. The molecule has 0 unspecified atom stereocenters. The van der Waals surface area contributed by atoms with Crippen LogP contribution in [0.25, 0.3) is 0 Å². The highest BCUT2D eigenvalue weighted by molar-refractivity contribution is 8.15. The van der Waals surface area contributed by atoms with Crippen LogP contribution in [0.3, 0.4) is 0 Å². The topological polar surface area (TPSA) is 103 Å². The van der Waals surface area contributed by atoms with E-state index >= 15 is 0 Å². The van der Waals surface area contributed by atoms with Gasteiger partial charge in [0.2, 0.25) is 5.91 Å². The zero-order valence-corrected chi connectivity index (χ0v) is 15.1. The molecule has 1 N–H and O–H groups in total. The molecule has 1 fully saturated rings. The Bertz CT molecular complexity index is 698. The van der Waals surface area contributed by atoms with E-state index in [1.165, 1.54) is 0 Å². The number of carbonyl (C=O) groups is 2. The zero-order chi connectivity index (χ0) is 18.4. The molecule has 134 valence electrons. The molecule has 0 saturated carbocycles. The lowest BCUT2D eigenvalue weighted by Gasteiger charge is -2.08. The Balaban J connectivity index is 1.99. The van der Waals surface area contributed by atoms with E-state index in [0.717, 1.165) is 23.1 Å². The lowest BCUT2D eigenvalue weighted by molar-refractivity contribution is -0.305. The summed E-state index contributed by atoms with van der Waals surface area (Å²) in [6, 6.07) is 7.50. The second-order valence-corrected chi connectivity index (χ2v) is 7.18. The Morgan fingerprint density at radius 2 is 2.04 bits per heavy atom. The van der Waals surface area contributed by atoms with E-state index in [0.29, 0.717) is 18.2 Å². The molecule has 1 aliphatic rings. The number of carbonyl (C=O) groups excluding carboxylic acids is 2. The van der Waals surface area contributed by atoms with Gasteiger partial charge in [0, 0.05) is 12.4 Å². The lowest BCUT2D eigenvalue weighted by Crippen LogP contribution is -2.31. The zero-order valence-electron chi connectivity index (χ0n) is 14.3. The number of thioether (sulfide) groups is 1. The fourth-order valence-corrected chi connectivity index (χ4v) is 2.87. The minimum Gasteiger partial charge on any atom is -0.550 e. The van der Waals surface area contributed by atoms with Crippen molar-refractivity contribution in [2.24, 2.45) is 16.1 Å². The van der Waals surface area contributed by atoms with Gasteiger partial charge in [0.1, 0.15) is 5.75 Å². The number of ether oxygens (including phenoxy) is 1. The van der Waals surface area contributed by atoms with Gasteiger partial charge < -0.3 is 20.0 Å². The monoisotopic (exact) mass is 362 g/mol. The van der Waals surface area contributed by atoms with Crippen molar-refractivity contribution in [3.63, 3.8) is 0 Å². The number of carboxylic acids is 1. The third-order valence-electron chi connectivity index (χ3n) is 3.27. The molecule has 7 nitrogen and oxygen atoms in total. The van der Waals surface area contributed by atoms with E-state index < -0.39 is 17.1 Å². The number of hydrogen-bond donors (Lipinski definition) is 1. The molecule has 2 rings (SSSR count). The predicted octanol–water partition coefficient (Wildman–Crippen LogP) is 1.17. The van der Waals surface area contributed by atoms with Crippen LogP contribution in [0.5, 0.6) is 5.75 Å². The summed E-state index contributed by atoms with van der Waals surface area (Å²) < 4.78 is 5.63. The van der Waals surface area contributed by atoms with Gasteiger partial charge in [-0.1, -0.05) is 25.6 Å². The molecule has 25 heavy (non-hydrogen) atoms. The van der Waals surface area contributed by atoms with Crippen molar-refractivity contribution in [3.05, 3.63) is 29.8 Å². The summed E-state index contributed by atoms with van der Waals surface area (Å²) in [5.41, 5.74) is 1.54. The van der Waals surface area contributed by atoms with Crippen LogP contribution in [0.1, 0.15) is 32.8 Å². The quantitative estimate of drug-likeness (QED) is 0.579. The average molecular weight is 362 g/mol. The highest BCUT2D eigenvalue weighted by Crippen LogP contribution is 2.22. The first-order valence-electron chi connectivity index (χ1n) is 7.88. The number of hydrogen-bond acceptors (Lipinski definition) is 7. The van der Waals surface area contributed by atoms with Crippen LogP contribution in [0, 0.1) is 5.92 Å². The first-order chi connectivity index (χ1) is 11.8. The van der Waals surface area contributed by atoms with Gasteiger partial charge in [0.05, 0.1) is 17.6 Å². The fourth-order valence-electron chi connectivity index (χ4n) is 1.97. The van der Waals surface area contributed by atoms with E-state index in [1.54, 1.807) is 6.92 Å². The van der Waals surface area contributed by atoms with Crippen LogP contribution < -0.4 is 15.2 Å². The molecule has 0 bridgehead atoms. The maximum Gasteiger partial charge on any atom is 0.239 e. The summed E-state index contributed by atoms with van der Waals surface area (Å²) in [7, 11) is 0. The number of nitrogens with zero attached hydrogens (tertiary/aromatic N) is 2. The molecular weight excluding hydrogens is 342 g/mol. The standard InChI is InChI=1S/C17H21N3O4S/c1-10(2)9-24-13-6-4-12(5-7-13)11(3)19-20-17-18-16(23)14(25-17)8-15(21)22/h4-7,10,14H,8-9H2,1-3H3,(H,21,22)(H,18,20,23)/p-1/b19-11-/t14-/m0/s1. The Kier molecular flexibility index (Phi) is 6.58. The maximum atomic E-state index is 11.6. The highest BCUT2D eigenvalue weighted by atomic mass is 32.2. The molecule has 1 saturated heterocycles. The first kappa shape index (κ1) is 19.0. The van der Waals surface area contributed by atoms with Crippen molar-refractivity contribution in [3.8, 4) is 5.75 Å². The normalized spacial score (nSPS) is 19.4. The first-order valence-corrected chi connectivity index (χ1v) is 8.76. The molecule has 1 heterocycles. The van der Waals surface area contributed by atoms with Crippen LogP contribution in [-0.4, -0.2) is 34.6 Å². The summed E-state index contributed by atoms with van der Waals surface area (Å²) in [5, 5.41) is 20.7. The number of amidine groups is 1. The maximum absolute atomic E-state index is 11.6. The molecule has 1 atom stereocenters. The summed E-state index contributed by atoms with van der Waals surface area (Å²) >= 11 is 1.04. The van der Waals surface area contributed by atoms with Crippen molar-refractivity contribution in [2.45, 2.75) is 32.4 Å². The van der Waals surface area contributed by atoms with Crippen LogP contribution in [0.2, 0.25) is 0 Å². The minimum atomic E-state index is -1.27. The van der Waals surface area contributed by atoms with Crippen molar-refractivity contribution in [1.29, 1.82) is 0 Å². The Hall–Kier alpha value is -2.35. The smallest absolute Gasteiger partial charge is 0.239 e. The summed E-state index contributed by atoms with van der Waals surface area (Å²) in [4.78, 5) is 22.2. The van der Waals surface area contributed by atoms with E-state index in [4.69, 9.17) is 4.74 Å². The van der Waals surface area contributed by atoms with E-state index in [2.05, 4.69) is 29.4 Å². The van der Waals surface area contributed by atoms with Crippen molar-refractivity contribution in [2.75, 3.05) is 6.61 Å². The number of benzene rings is 1. The molecule has 1 aliphatic heterocycles. The predicted molar refractivity (Wildman–Crippen MR) is 95.6 cm³/mol. The molecule has 8 heteroatoms. The third kappa shape index (κ3) is 5.90. The summed E-state index contributed by atoms with van der Waals surface area (Å²) in [6.07, 6.45) is -0.351. The molecule has 0 aromatic heterocycles. The molecule has 1 aromatic carbocycles. The van der Waals surface area contributed by atoms with Gasteiger partial charge in [-0.05, 0) is 42.7 Å². The number of aliphatic carboxylic acids is 1. The van der Waals surface area contributed by atoms with Gasteiger partial charge in [-0.2, -0.15) is 5.10 Å². The van der Waals surface area contributed by atoms with Gasteiger partial charge in [0.25, 0.3) is 0 Å². The molecule has 0 aliphatic carbocycles. The van der Waals surface area contributed by atoms with E-state index in [9.17, 15) is 14.7 Å². The van der Waals surface area contributed by atoms with Crippen molar-refractivity contribution >= 4 is 34.5 Å². The largest absolute Gasteiger partial charge is 0.550 e. The van der Waals surface area contributed by atoms with E-state index in [1.807, 2.05) is 24.3 Å². The minimum absolute atomic E-state index is 0.285. The van der Waals surface area contributed by atoms with Gasteiger partial charge in [0.15, 0.2) is 5.17 Å². The second-order valence-electron chi connectivity index (χ2n) is 5.99. The van der Waals surface area contributed by atoms with Gasteiger partial charge in [-0.3, -0.25) is 4.79 Å². The number of carboxylic acid groups (broad SMARTS) is 1. The Morgan fingerprint density at radius 1 is 1.36 bits per heavy atom. The van der Waals surface area contributed by atoms with Crippen LogP contribution >= 0.6 is 11.8 Å². The number of amides is 1. The van der Waals surface area contributed by atoms with Crippen LogP contribution in [0.15, 0.2) is 34.5 Å². The number of nitrogens with one attached hydrogen (secondary N) is 1. The van der Waals surface area contributed by atoms with Gasteiger partial charge in [-0.15, -0.1) is 5.10 Å². The lowest BCUT2D eigenvalue weighted by atomic mass is 10.1. The van der Waals surface area contributed by atoms with Crippen molar-refractivity contribution in [1.82, 2.24) is 5.32 Å². The molecule has 0 spiro atoms. The SMILES string of the molecule is C/C(=N/N=C1/NC(=O)[C@H](CC(=O)[O-])S1)c1ccc(OCC(C)C)cc1. The van der Waals surface area contributed by atoms with Crippen LogP contribution in [0.4, 0.5) is 0 Å². The summed E-state index contributed by atoms with van der Waals surface area (Å²) in [6.45, 7) is 6.63. The van der Waals surface area contributed by atoms with Gasteiger partial charge in [-0.25, -0.2) is 0 Å². The second kappa shape index (κ2) is 8.66. The fraction of sp³-hybridized carbons (Fsp3) is 0.412. The number of rotatable bonds is 7.